The van der Waals surface area contributed by atoms with Crippen LogP contribution in [0.1, 0.15) is 55.4 Å². The summed E-state index contributed by atoms with van der Waals surface area (Å²) >= 11 is 5.56. The molecule has 4 aliphatic heterocycles. The third-order valence-corrected chi connectivity index (χ3v) is 9.23. The zero-order chi connectivity index (χ0) is 28.6. The standard InChI is InChI=1S/C17H24ClN3O.C16H25N3.CH4/c1-14-4-5-15(16(12-14)20-6-2-3-7-20)13-19-8-10-21(11-9-19)17(18)22;1-14-4-5-15(13-18-10-6-17-7-11-18)16(12-14)19-8-2-3-9-19;/h4-5,12H,2-3,6-11,13H2,1H3;4-5,12,17H,2-3,6-11,13H2,1H3;1H4. The topological polar surface area (TPSA) is 45.3 Å². The fourth-order valence-electron chi connectivity index (χ4n) is 6.55. The first-order valence-corrected chi connectivity index (χ1v) is 16.1. The molecule has 0 aliphatic carbocycles. The third-order valence-electron chi connectivity index (χ3n) is 8.99. The molecule has 0 atom stereocenters. The Morgan fingerprint density at radius 2 is 1.10 bits per heavy atom. The van der Waals surface area contributed by atoms with E-state index in [0.717, 1.165) is 52.4 Å². The van der Waals surface area contributed by atoms with Crippen LogP contribution in [0, 0.1) is 13.8 Å². The Hall–Kier alpha value is -2.32. The summed E-state index contributed by atoms with van der Waals surface area (Å²) in [7, 11) is 0. The zero-order valence-corrected chi connectivity index (χ0v) is 26.0. The van der Waals surface area contributed by atoms with Gasteiger partial charge in [-0.1, -0.05) is 31.7 Å². The van der Waals surface area contributed by atoms with Crippen LogP contribution in [-0.2, 0) is 13.1 Å². The fraction of sp³-hybridized carbons (Fsp3) is 0.618. The van der Waals surface area contributed by atoms with Gasteiger partial charge in [-0.25, -0.2) is 0 Å². The molecule has 1 N–H and O–H groups in total. The Kier molecular flexibility index (Phi) is 12.4. The Morgan fingerprint density at radius 3 is 1.52 bits per heavy atom. The molecule has 4 fully saturated rings. The van der Waals surface area contributed by atoms with Gasteiger partial charge in [-0.05, 0) is 85.5 Å². The van der Waals surface area contributed by atoms with Gasteiger partial charge in [-0.3, -0.25) is 14.6 Å². The molecule has 8 heteroatoms. The first-order valence-electron chi connectivity index (χ1n) is 15.7. The van der Waals surface area contributed by atoms with Crippen molar-refractivity contribution in [2.24, 2.45) is 0 Å². The van der Waals surface area contributed by atoms with Crippen LogP contribution in [0.4, 0.5) is 16.2 Å². The summed E-state index contributed by atoms with van der Waals surface area (Å²) in [5.74, 6) is 0. The van der Waals surface area contributed by atoms with Crippen molar-refractivity contribution < 1.29 is 4.79 Å². The molecule has 2 aromatic carbocycles. The maximum Gasteiger partial charge on any atom is 0.316 e. The number of anilines is 2. The Morgan fingerprint density at radius 1 is 0.667 bits per heavy atom. The minimum absolute atomic E-state index is 0. The number of piperazine rings is 2. The number of aryl methyl sites for hydroxylation is 2. The van der Waals surface area contributed by atoms with Gasteiger partial charge >= 0.3 is 5.37 Å². The lowest BCUT2D eigenvalue weighted by Gasteiger charge is -2.34. The van der Waals surface area contributed by atoms with Crippen molar-refractivity contribution in [3.8, 4) is 0 Å². The van der Waals surface area contributed by atoms with Crippen LogP contribution < -0.4 is 15.1 Å². The van der Waals surface area contributed by atoms with E-state index >= 15 is 0 Å². The minimum Gasteiger partial charge on any atom is -0.371 e. The quantitative estimate of drug-likeness (QED) is 0.341. The summed E-state index contributed by atoms with van der Waals surface area (Å²) < 4.78 is 0. The molecule has 4 heterocycles. The molecule has 2 aromatic rings. The number of rotatable bonds is 6. The van der Waals surface area contributed by atoms with E-state index in [0.29, 0.717) is 0 Å². The van der Waals surface area contributed by atoms with Crippen molar-refractivity contribution in [3.05, 3.63) is 58.7 Å². The SMILES string of the molecule is C.Cc1ccc(CN2CCN(C(=O)Cl)CC2)c(N2CCCC2)c1.Cc1ccc(CN2CCNCC2)c(N2CCCC2)c1. The molecule has 0 bridgehead atoms. The van der Waals surface area contributed by atoms with Crippen molar-refractivity contribution >= 4 is 28.3 Å². The molecule has 7 nitrogen and oxygen atoms in total. The van der Waals surface area contributed by atoms with Crippen LogP contribution in [0.5, 0.6) is 0 Å². The second-order valence-corrected chi connectivity index (χ2v) is 12.5. The van der Waals surface area contributed by atoms with Gasteiger partial charge in [0.2, 0.25) is 0 Å². The van der Waals surface area contributed by atoms with Crippen LogP contribution in [0.25, 0.3) is 0 Å². The average Bonchev–Trinajstić information content (AvgIpc) is 3.72. The van der Waals surface area contributed by atoms with E-state index in [1.807, 2.05) is 0 Å². The zero-order valence-electron chi connectivity index (χ0n) is 25.2. The number of nitrogens with one attached hydrogen (secondary N) is 1. The van der Waals surface area contributed by atoms with Gasteiger partial charge in [0.1, 0.15) is 0 Å². The number of hydrogen-bond donors (Lipinski definition) is 1. The summed E-state index contributed by atoms with van der Waals surface area (Å²) in [5.41, 5.74) is 8.49. The lowest BCUT2D eigenvalue weighted by Crippen LogP contribution is -2.46. The predicted molar refractivity (Wildman–Crippen MR) is 178 cm³/mol. The smallest absolute Gasteiger partial charge is 0.316 e. The number of carbonyl (C=O) groups excluding carboxylic acids is 1. The van der Waals surface area contributed by atoms with Crippen LogP contribution >= 0.6 is 11.6 Å². The van der Waals surface area contributed by atoms with Gasteiger partial charge in [-0.15, -0.1) is 0 Å². The van der Waals surface area contributed by atoms with E-state index in [4.69, 9.17) is 11.6 Å². The number of carbonyl (C=O) groups is 1. The molecule has 0 radical (unpaired) electrons. The van der Waals surface area contributed by atoms with Crippen molar-refractivity contribution in [1.29, 1.82) is 0 Å². The molecule has 0 spiro atoms. The number of halogens is 1. The van der Waals surface area contributed by atoms with E-state index in [2.05, 4.69) is 75.2 Å². The normalized spacial score (nSPS) is 19.8. The molecule has 0 unspecified atom stereocenters. The van der Waals surface area contributed by atoms with Crippen LogP contribution in [0.3, 0.4) is 0 Å². The summed E-state index contributed by atoms with van der Waals surface area (Å²) in [6, 6.07) is 13.8. The highest BCUT2D eigenvalue weighted by atomic mass is 35.5. The second kappa shape index (κ2) is 15.9. The van der Waals surface area contributed by atoms with E-state index in [1.54, 1.807) is 4.90 Å². The van der Waals surface area contributed by atoms with Gasteiger partial charge < -0.3 is 20.0 Å². The van der Waals surface area contributed by atoms with Crippen molar-refractivity contribution in [2.45, 2.75) is 60.0 Å². The van der Waals surface area contributed by atoms with E-state index in [1.165, 1.54) is 98.6 Å². The van der Waals surface area contributed by atoms with Crippen molar-refractivity contribution in [3.63, 3.8) is 0 Å². The number of benzene rings is 2. The molecule has 232 valence electrons. The van der Waals surface area contributed by atoms with Crippen molar-refractivity contribution in [1.82, 2.24) is 20.0 Å². The predicted octanol–water partition coefficient (Wildman–Crippen LogP) is 5.71. The summed E-state index contributed by atoms with van der Waals surface area (Å²) in [6.45, 7) is 19.1. The van der Waals surface area contributed by atoms with Gasteiger partial charge in [0.15, 0.2) is 0 Å². The molecular formula is C34H53ClN6O. The highest BCUT2D eigenvalue weighted by molar-refractivity contribution is 6.62. The Bertz CT molecular complexity index is 1130. The lowest BCUT2D eigenvalue weighted by molar-refractivity contribution is 0.148. The van der Waals surface area contributed by atoms with Crippen LogP contribution in [0.15, 0.2) is 36.4 Å². The van der Waals surface area contributed by atoms with Crippen molar-refractivity contribution in [2.75, 3.05) is 88.3 Å². The largest absolute Gasteiger partial charge is 0.371 e. The molecule has 1 amide bonds. The van der Waals surface area contributed by atoms with Gasteiger partial charge in [0, 0.05) is 103 Å². The monoisotopic (exact) mass is 596 g/mol. The van der Waals surface area contributed by atoms with Crippen LogP contribution in [0.2, 0.25) is 0 Å². The minimum atomic E-state index is -0.326. The highest BCUT2D eigenvalue weighted by Crippen LogP contribution is 2.28. The molecular weight excluding hydrogens is 544 g/mol. The van der Waals surface area contributed by atoms with E-state index in [9.17, 15) is 4.79 Å². The number of hydrogen-bond acceptors (Lipinski definition) is 6. The summed E-state index contributed by atoms with van der Waals surface area (Å²) in [4.78, 5) is 23.0. The lowest BCUT2D eigenvalue weighted by atomic mass is 10.1. The maximum atomic E-state index is 11.2. The molecule has 4 aliphatic rings. The first kappa shape index (κ1) is 32.6. The Labute approximate surface area is 259 Å². The molecule has 0 saturated carbocycles. The van der Waals surface area contributed by atoms with Gasteiger partial charge in [-0.2, -0.15) is 0 Å². The van der Waals surface area contributed by atoms with Gasteiger partial charge in [0.25, 0.3) is 0 Å². The Balaban J connectivity index is 0.000000190. The number of amides is 1. The fourth-order valence-corrected chi connectivity index (χ4v) is 6.72. The van der Waals surface area contributed by atoms with Crippen LogP contribution in [-0.4, -0.2) is 98.6 Å². The number of nitrogens with zero attached hydrogens (tertiary/aromatic N) is 5. The average molecular weight is 597 g/mol. The second-order valence-electron chi connectivity index (χ2n) is 12.2. The summed E-state index contributed by atoms with van der Waals surface area (Å²) in [6.07, 6.45) is 5.29. The highest BCUT2D eigenvalue weighted by Gasteiger charge is 2.22. The van der Waals surface area contributed by atoms with Gasteiger partial charge in [0.05, 0.1) is 0 Å². The molecule has 0 aromatic heterocycles. The molecule has 4 saturated heterocycles. The maximum absolute atomic E-state index is 11.2. The summed E-state index contributed by atoms with van der Waals surface area (Å²) in [5, 5.41) is 3.10. The third kappa shape index (κ3) is 8.85. The molecule has 42 heavy (non-hydrogen) atoms. The molecule has 6 rings (SSSR count). The van der Waals surface area contributed by atoms with E-state index in [-0.39, 0.29) is 12.8 Å². The first-order chi connectivity index (χ1) is 20.0. The van der Waals surface area contributed by atoms with E-state index < -0.39 is 0 Å².